The number of hydrogen-bond donors (Lipinski definition) is 2. The Morgan fingerprint density at radius 1 is 1.10 bits per heavy atom. The minimum absolute atomic E-state index is 0.0792. The van der Waals surface area contributed by atoms with E-state index in [0.29, 0.717) is 0 Å². The number of nitrogens with zero attached hydrogens (tertiary/aromatic N) is 1. The largest absolute Gasteiger partial charge is 0.366 e. The first-order valence-corrected chi connectivity index (χ1v) is 8.06. The second-order valence-corrected chi connectivity index (χ2v) is 6.86. The molecule has 2 rings (SSSR count). The minimum atomic E-state index is -3.72. The van der Waals surface area contributed by atoms with Crippen molar-refractivity contribution in [1.82, 2.24) is 4.41 Å². The molecule has 1 aliphatic carbocycles. The van der Waals surface area contributed by atoms with E-state index in [-0.39, 0.29) is 16.5 Å². The van der Waals surface area contributed by atoms with E-state index >= 15 is 0 Å². The summed E-state index contributed by atoms with van der Waals surface area (Å²) in [5.41, 5.74) is 5.39. The van der Waals surface area contributed by atoms with Gasteiger partial charge in [0.2, 0.25) is 5.91 Å². The van der Waals surface area contributed by atoms with Crippen molar-refractivity contribution in [1.29, 1.82) is 0 Å². The lowest BCUT2D eigenvalue weighted by molar-refractivity contribution is 0.1000. The Bertz CT molecular complexity index is 577. The van der Waals surface area contributed by atoms with Crippen LogP contribution in [0.2, 0.25) is 0 Å². The third-order valence-electron chi connectivity index (χ3n) is 3.65. The first-order chi connectivity index (χ1) is 9.43. The zero-order valence-electron chi connectivity index (χ0n) is 11.2. The summed E-state index contributed by atoms with van der Waals surface area (Å²) in [4.78, 5) is 11.1. The van der Waals surface area contributed by atoms with Crippen molar-refractivity contribution in [2.24, 2.45) is 11.6 Å². The van der Waals surface area contributed by atoms with Crippen LogP contribution in [0.15, 0.2) is 29.2 Å². The van der Waals surface area contributed by atoms with Gasteiger partial charge in [-0.05, 0) is 37.1 Å². The van der Waals surface area contributed by atoms with Gasteiger partial charge in [-0.25, -0.2) is 8.42 Å². The molecule has 1 aromatic rings. The van der Waals surface area contributed by atoms with Crippen LogP contribution < -0.4 is 11.6 Å². The lowest BCUT2D eigenvalue weighted by Crippen LogP contribution is -2.46. The average Bonchev–Trinajstić information content (AvgIpc) is 2.47. The fourth-order valence-electron chi connectivity index (χ4n) is 2.44. The second-order valence-electron chi connectivity index (χ2n) is 5.02. The molecule has 0 aromatic heterocycles. The second kappa shape index (κ2) is 5.90. The Balaban J connectivity index is 2.22. The van der Waals surface area contributed by atoms with E-state index in [2.05, 4.69) is 0 Å². The molecule has 0 spiro atoms. The van der Waals surface area contributed by atoms with Gasteiger partial charge in [-0.2, -0.15) is 0 Å². The van der Waals surface area contributed by atoms with E-state index < -0.39 is 15.9 Å². The molecule has 0 atom stereocenters. The molecule has 4 N–H and O–H groups in total. The van der Waals surface area contributed by atoms with Gasteiger partial charge < -0.3 is 5.73 Å². The summed E-state index contributed by atoms with van der Waals surface area (Å²) < 4.78 is 25.8. The van der Waals surface area contributed by atoms with Crippen LogP contribution in [0.3, 0.4) is 0 Å². The number of benzene rings is 1. The van der Waals surface area contributed by atoms with Gasteiger partial charge in [0.15, 0.2) is 0 Å². The van der Waals surface area contributed by atoms with Crippen LogP contribution in [0.5, 0.6) is 0 Å². The zero-order chi connectivity index (χ0) is 14.8. The molecule has 0 unspecified atom stereocenters. The number of sulfonamides is 1. The third-order valence-corrected chi connectivity index (χ3v) is 5.37. The number of carbonyl (C=O) groups excluding carboxylic acids is 1. The summed E-state index contributed by atoms with van der Waals surface area (Å²) >= 11 is 0. The number of hydrazine groups is 1. The standard InChI is InChI=1S/C13H19N3O3S/c14-13(17)10-6-8-12(9-7-10)20(18,19)16(15)11-4-2-1-3-5-11/h6-9,11H,1-5,15H2,(H2,14,17). The number of nitrogens with two attached hydrogens (primary N) is 2. The molecule has 7 heteroatoms. The topological polar surface area (TPSA) is 106 Å². The minimum Gasteiger partial charge on any atom is -0.366 e. The van der Waals surface area contributed by atoms with Crippen molar-refractivity contribution >= 4 is 15.9 Å². The van der Waals surface area contributed by atoms with Crippen molar-refractivity contribution in [2.45, 2.75) is 43.0 Å². The number of primary amides is 1. The van der Waals surface area contributed by atoms with Gasteiger partial charge in [-0.1, -0.05) is 19.3 Å². The Morgan fingerprint density at radius 3 is 2.15 bits per heavy atom. The molecule has 0 aliphatic heterocycles. The first kappa shape index (κ1) is 15.0. The normalized spacial score (nSPS) is 17.3. The van der Waals surface area contributed by atoms with E-state index in [4.69, 9.17) is 11.6 Å². The lowest BCUT2D eigenvalue weighted by Gasteiger charge is -2.29. The molecular weight excluding hydrogens is 278 g/mol. The Morgan fingerprint density at radius 2 is 1.65 bits per heavy atom. The molecule has 1 amide bonds. The van der Waals surface area contributed by atoms with E-state index in [0.717, 1.165) is 36.5 Å². The van der Waals surface area contributed by atoms with Gasteiger partial charge in [0.1, 0.15) is 0 Å². The molecule has 0 radical (unpaired) electrons. The lowest BCUT2D eigenvalue weighted by atomic mass is 9.96. The molecule has 1 aliphatic rings. The molecule has 1 fully saturated rings. The monoisotopic (exact) mass is 297 g/mol. The van der Waals surface area contributed by atoms with Crippen LogP contribution in [0.25, 0.3) is 0 Å². The van der Waals surface area contributed by atoms with E-state index in [1.807, 2.05) is 0 Å². The fourth-order valence-corrected chi connectivity index (χ4v) is 3.77. The van der Waals surface area contributed by atoms with E-state index in [9.17, 15) is 13.2 Å². The van der Waals surface area contributed by atoms with Crippen molar-refractivity contribution in [3.8, 4) is 0 Å². The molecule has 20 heavy (non-hydrogen) atoms. The van der Waals surface area contributed by atoms with E-state index in [1.54, 1.807) is 0 Å². The maximum Gasteiger partial charge on any atom is 0.255 e. The highest BCUT2D eigenvalue weighted by Gasteiger charge is 2.29. The molecule has 0 saturated heterocycles. The van der Waals surface area contributed by atoms with Crippen LogP contribution in [0.1, 0.15) is 42.5 Å². The smallest absolute Gasteiger partial charge is 0.255 e. The summed E-state index contributed by atoms with van der Waals surface area (Å²) in [5, 5.41) is 0. The third kappa shape index (κ3) is 3.00. The fraction of sp³-hybridized carbons (Fsp3) is 0.462. The highest BCUT2D eigenvalue weighted by Crippen LogP contribution is 2.25. The van der Waals surface area contributed by atoms with Gasteiger partial charge in [0.05, 0.1) is 4.90 Å². The van der Waals surface area contributed by atoms with Crippen LogP contribution in [0, 0.1) is 0 Å². The Kier molecular flexibility index (Phi) is 4.42. The molecule has 1 saturated carbocycles. The van der Waals surface area contributed by atoms with Crippen LogP contribution in [-0.2, 0) is 10.0 Å². The van der Waals surface area contributed by atoms with Crippen molar-refractivity contribution in [3.63, 3.8) is 0 Å². The van der Waals surface area contributed by atoms with Gasteiger partial charge in [-0.3, -0.25) is 10.6 Å². The van der Waals surface area contributed by atoms with Crippen LogP contribution in [0.4, 0.5) is 0 Å². The van der Waals surface area contributed by atoms with Gasteiger partial charge in [-0.15, -0.1) is 4.41 Å². The average molecular weight is 297 g/mol. The predicted molar refractivity (Wildman–Crippen MR) is 75.0 cm³/mol. The molecule has 110 valence electrons. The predicted octanol–water partition coefficient (Wildman–Crippen LogP) is 0.983. The SMILES string of the molecule is NC(=O)c1ccc(S(=O)(=O)N(N)C2CCCCC2)cc1. The molecule has 0 heterocycles. The van der Waals surface area contributed by atoms with Crippen molar-refractivity contribution in [3.05, 3.63) is 29.8 Å². The first-order valence-electron chi connectivity index (χ1n) is 6.62. The number of hydrogen-bond acceptors (Lipinski definition) is 4. The zero-order valence-corrected chi connectivity index (χ0v) is 12.0. The van der Waals surface area contributed by atoms with E-state index in [1.165, 1.54) is 24.3 Å². The summed E-state index contributed by atoms with van der Waals surface area (Å²) in [6.07, 6.45) is 4.69. The molecular formula is C13H19N3O3S. The highest BCUT2D eigenvalue weighted by atomic mass is 32.2. The van der Waals surface area contributed by atoms with Crippen molar-refractivity contribution in [2.75, 3.05) is 0 Å². The number of rotatable bonds is 4. The van der Waals surface area contributed by atoms with Gasteiger partial charge >= 0.3 is 0 Å². The number of carbonyl (C=O) groups is 1. The molecule has 1 aromatic carbocycles. The summed E-state index contributed by atoms with van der Waals surface area (Å²) in [5.74, 6) is 5.22. The summed E-state index contributed by atoms with van der Waals surface area (Å²) in [7, 11) is -3.72. The van der Waals surface area contributed by atoms with Gasteiger partial charge in [0.25, 0.3) is 10.0 Å². The molecule has 0 bridgehead atoms. The Hall–Kier alpha value is -1.44. The quantitative estimate of drug-likeness (QED) is 0.638. The van der Waals surface area contributed by atoms with Crippen LogP contribution >= 0.6 is 0 Å². The summed E-state index contributed by atoms with van der Waals surface area (Å²) in [6.45, 7) is 0. The molecule has 6 nitrogen and oxygen atoms in total. The van der Waals surface area contributed by atoms with Gasteiger partial charge in [0, 0.05) is 11.6 Å². The Labute approximate surface area is 118 Å². The number of amides is 1. The van der Waals surface area contributed by atoms with Crippen molar-refractivity contribution < 1.29 is 13.2 Å². The maximum atomic E-state index is 12.4. The highest BCUT2D eigenvalue weighted by molar-refractivity contribution is 7.89. The van der Waals surface area contributed by atoms with Crippen LogP contribution in [-0.4, -0.2) is 24.8 Å². The summed E-state index contributed by atoms with van der Waals surface area (Å²) in [6, 6.07) is 5.36. The maximum absolute atomic E-state index is 12.4.